The number of ether oxygens (including phenoxy) is 3. The molecule has 2 heterocycles. The third-order valence-corrected chi connectivity index (χ3v) is 6.85. The minimum absolute atomic E-state index is 0.108. The van der Waals surface area contributed by atoms with Gasteiger partial charge in [0, 0.05) is 0 Å². The van der Waals surface area contributed by atoms with Crippen molar-refractivity contribution < 1.29 is 24.4 Å². The topological polar surface area (TPSA) is 68.2 Å². The van der Waals surface area contributed by atoms with E-state index in [0.717, 1.165) is 10.0 Å². The summed E-state index contributed by atoms with van der Waals surface area (Å²) < 4.78 is 18.8. The van der Waals surface area contributed by atoms with Crippen molar-refractivity contribution in [3.05, 3.63) is 66.2 Å². The maximum atomic E-state index is 10.6. The van der Waals surface area contributed by atoms with Crippen LogP contribution < -0.4 is 4.46 Å². The molecule has 0 amide bonds. The zero-order valence-corrected chi connectivity index (χ0v) is 15.2. The molecular formula is C19H20O5Se. The van der Waals surface area contributed by atoms with Gasteiger partial charge in [-0.1, -0.05) is 0 Å². The van der Waals surface area contributed by atoms with Crippen molar-refractivity contribution in [2.75, 3.05) is 6.61 Å². The molecule has 4 rings (SSSR count). The molecule has 2 fully saturated rings. The summed E-state index contributed by atoms with van der Waals surface area (Å²) in [5.41, 5.74) is 0.887. The fraction of sp³-hybridized carbons (Fsp3) is 0.368. The summed E-state index contributed by atoms with van der Waals surface area (Å²) in [7, 11) is 0. The Bertz CT molecular complexity index is 681. The third kappa shape index (κ3) is 3.66. The average Bonchev–Trinajstić information content (AvgIpc) is 2.67. The van der Waals surface area contributed by atoms with Gasteiger partial charge in [-0.3, -0.25) is 0 Å². The summed E-state index contributed by atoms with van der Waals surface area (Å²) >= 11 is -0.108. The van der Waals surface area contributed by atoms with E-state index < -0.39 is 29.6 Å². The second-order valence-electron chi connectivity index (χ2n) is 6.13. The van der Waals surface area contributed by atoms with Crippen LogP contribution in [0, 0.1) is 0 Å². The average molecular weight is 407 g/mol. The van der Waals surface area contributed by atoms with Crippen molar-refractivity contribution in [3.63, 3.8) is 0 Å². The first-order chi connectivity index (χ1) is 12.2. The van der Waals surface area contributed by atoms with Gasteiger partial charge in [0.15, 0.2) is 0 Å². The molecule has 0 aliphatic carbocycles. The molecule has 2 N–H and O–H groups in total. The van der Waals surface area contributed by atoms with Crippen LogP contribution in [-0.2, 0) is 14.2 Å². The fourth-order valence-corrected chi connectivity index (χ4v) is 5.36. The SMILES string of the molecule is O[C@@H]1[C@@H](O)[C@H]([Se]c2ccccc2)O[C@@H]2CO[C@@H](c3ccccc3)O[C@@H]12. The van der Waals surface area contributed by atoms with Gasteiger partial charge in [-0.25, -0.2) is 0 Å². The van der Waals surface area contributed by atoms with Crippen LogP contribution in [0.2, 0.25) is 0 Å². The van der Waals surface area contributed by atoms with E-state index >= 15 is 0 Å². The molecule has 2 saturated heterocycles. The second-order valence-corrected chi connectivity index (χ2v) is 8.59. The summed E-state index contributed by atoms with van der Waals surface area (Å²) in [5, 5.41) is 20.7. The normalized spacial score (nSPS) is 35.1. The summed E-state index contributed by atoms with van der Waals surface area (Å²) in [6, 6.07) is 19.5. The standard InChI is InChI=1S/C19H20O5Se/c20-15-16(21)19(25-13-9-5-2-6-10-13)23-14-11-22-18(24-17(14)15)12-7-3-1-4-8-12/h1-10,14-21H,11H2/t14-,15-,16-,17-,18-,19+/m1/s1. The number of fused-ring (bicyclic) bond motifs is 1. The van der Waals surface area contributed by atoms with Crippen LogP contribution in [0.5, 0.6) is 0 Å². The van der Waals surface area contributed by atoms with Crippen LogP contribution in [0.1, 0.15) is 11.9 Å². The van der Waals surface area contributed by atoms with Crippen LogP contribution in [0.4, 0.5) is 0 Å². The van der Waals surface area contributed by atoms with Gasteiger partial charge < -0.3 is 0 Å². The van der Waals surface area contributed by atoms with Crippen molar-refractivity contribution in [2.45, 2.75) is 35.7 Å². The molecule has 132 valence electrons. The quantitative estimate of drug-likeness (QED) is 0.729. The Morgan fingerprint density at radius 2 is 1.52 bits per heavy atom. The zero-order chi connectivity index (χ0) is 17.2. The molecule has 6 atom stereocenters. The predicted octanol–water partition coefficient (Wildman–Crippen LogP) is 0.577. The zero-order valence-electron chi connectivity index (χ0n) is 13.5. The number of benzene rings is 2. The Kier molecular flexibility index (Phi) is 5.20. The monoisotopic (exact) mass is 408 g/mol. The molecule has 5 nitrogen and oxygen atoms in total. The molecule has 2 aromatic carbocycles. The van der Waals surface area contributed by atoms with E-state index in [-0.39, 0.29) is 21.1 Å². The molecule has 6 heteroatoms. The number of aliphatic hydroxyl groups excluding tert-OH is 2. The van der Waals surface area contributed by atoms with Crippen molar-refractivity contribution in [2.24, 2.45) is 0 Å². The van der Waals surface area contributed by atoms with Crippen LogP contribution in [0.3, 0.4) is 0 Å². The third-order valence-electron chi connectivity index (χ3n) is 4.40. The summed E-state index contributed by atoms with van der Waals surface area (Å²) in [5.74, 6) is 0. The van der Waals surface area contributed by atoms with E-state index in [0.29, 0.717) is 6.61 Å². The first kappa shape index (κ1) is 17.2. The maximum absolute atomic E-state index is 10.6. The molecular weight excluding hydrogens is 387 g/mol. The Labute approximate surface area is 152 Å². The van der Waals surface area contributed by atoms with Gasteiger partial charge >= 0.3 is 152 Å². The van der Waals surface area contributed by atoms with Crippen LogP contribution in [0.25, 0.3) is 0 Å². The van der Waals surface area contributed by atoms with Crippen molar-refractivity contribution in [3.8, 4) is 0 Å². The van der Waals surface area contributed by atoms with E-state index in [1.165, 1.54) is 0 Å². The molecule has 0 radical (unpaired) electrons. The molecule has 0 saturated carbocycles. The molecule has 0 aromatic heterocycles. The predicted molar refractivity (Wildman–Crippen MR) is 92.5 cm³/mol. The van der Waals surface area contributed by atoms with E-state index in [2.05, 4.69) is 0 Å². The van der Waals surface area contributed by atoms with Gasteiger partial charge in [-0.2, -0.15) is 0 Å². The summed E-state index contributed by atoms with van der Waals surface area (Å²) in [6.07, 6.45) is -3.50. The number of aliphatic hydroxyl groups is 2. The van der Waals surface area contributed by atoms with Gasteiger partial charge in [0.05, 0.1) is 0 Å². The number of rotatable bonds is 3. The van der Waals surface area contributed by atoms with Crippen molar-refractivity contribution >= 4 is 19.4 Å². The van der Waals surface area contributed by atoms with E-state index in [4.69, 9.17) is 14.2 Å². The van der Waals surface area contributed by atoms with Gasteiger partial charge in [0.2, 0.25) is 0 Å². The first-order valence-corrected chi connectivity index (χ1v) is 10.1. The van der Waals surface area contributed by atoms with Crippen molar-refractivity contribution in [1.82, 2.24) is 0 Å². The van der Waals surface area contributed by atoms with E-state index in [1.54, 1.807) is 0 Å². The molecule has 2 aliphatic rings. The fourth-order valence-electron chi connectivity index (χ4n) is 3.09. The Balaban J connectivity index is 1.46. The molecule has 25 heavy (non-hydrogen) atoms. The van der Waals surface area contributed by atoms with Crippen LogP contribution >= 0.6 is 0 Å². The minimum atomic E-state index is -0.996. The van der Waals surface area contributed by atoms with E-state index in [1.807, 2.05) is 60.7 Å². The van der Waals surface area contributed by atoms with Gasteiger partial charge in [0.1, 0.15) is 0 Å². The molecule has 2 aliphatic heterocycles. The Morgan fingerprint density at radius 1 is 0.840 bits per heavy atom. The summed E-state index contributed by atoms with van der Waals surface area (Å²) in [6.45, 7) is 0.329. The second kappa shape index (κ2) is 7.56. The number of hydrogen-bond donors (Lipinski definition) is 2. The van der Waals surface area contributed by atoms with E-state index in [9.17, 15) is 10.2 Å². The molecule has 2 aromatic rings. The van der Waals surface area contributed by atoms with Gasteiger partial charge in [-0.15, -0.1) is 0 Å². The van der Waals surface area contributed by atoms with Gasteiger partial charge in [-0.05, 0) is 0 Å². The van der Waals surface area contributed by atoms with Gasteiger partial charge in [0.25, 0.3) is 0 Å². The van der Waals surface area contributed by atoms with Crippen LogP contribution in [0.15, 0.2) is 60.7 Å². The summed E-state index contributed by atoms with van der Waals surface area (Å²) in [4.78, 5) is 0. The first-order valence-electron chi connectivity index (χ1n) is 8.28. The Morgan fingerprint density at radius 3 is 2.24 bits per heavy atom. The molecule has 0 unspecified atom stereocenters. The van der Waals surface area contributed by atoms with Crippen LogP contribution in [-0.4, -0.2) is 61.2 Å². The number of hydrogen-bond acceptors (Lipinski definition) is 5. The van der Waals surface area contributed by atoms with Crippen molar-refractivity contribution in [1.29, 1.82) is 0 Å². The Hall–Kier alpha value is -1.24. The molecule has 0 bridgehead atoms. The molecule has 0 spiro atoms.